The Balaban J connectivity index is 2.30. The minimum Gasteiger partial charge on any atom is -0.294 e. The monoisotopic (exact) mass is 418 g/mol. The molecule has 6 heteroatoms. The van der Waals surface area contributed by atoms with E-state index >= 15 is 0 Å². The van der Waals surface area contributed by atoms with Gasteiger partial charge in [-0.2, -0.15) is 5.10 Å². The first-order valence-corrected chi connectivity index (χ1v) is 8.08. The summed E-state index contributed by atoms with van der Waals surface area (Å²) in [5.74, 6) is 0.0135. The number of hydrogen-bond acceptors (Lipinski definition) is 2. The molecule has 0 aliphatic heterocycles. The molecule has 0 radical (unpaired) electrons. The zero-order chi connectivity index (χ0) is 14.9. The van der Waals surface area contributed by atoms with Crippen molar-refractivity contribution < 1.29 is 4.79 Å². The molecule has 0 spiro atoms. The Bertz CT molecular complexity index is 647. The Morgan fingerprint density at radius 1 is 1.30 bits per heavy atom. The molecule has 0 fully saturated rings. The summed E-state index contributed by atoms with van der Waals surface area (Å²) < 4.78 is 3.41. The van der Waals surface area contributed by atoms with Crippen molar-refractivity contribution in [1.29, 1.82) is 0 Å². The summed E-state index contributed by atoms with van der Waals surface area (Å²) in [6, 6.07) is 5.50. The molecule has 1 heterocycles. The number of aromatic nitrogens is 2. The number of halogens is 3. The zero-order valence-electron chi connectivity index (χ0n) is 11.1. The van der Waals surface area contributed by atoms with Gasteiger partial charge < -0.3 is 0 Å². The number of Topliss-reactive ketones (excluding diaryl/α,β-unsaturated/α-hetero) is 1. The van der Waals surface area contributed by atoms with Gasteiger partial charge in [0.25, 0.3) is 0 Å². The van der Waals surface area contributed by atoms with Crippen molar-refractivity contribution in [2.45, 2.75) is 19.8 Å². The third-order valence-corrected chi connectivity index (χ3v) is 4.37. The predicted octanol–water partition coefficient (Wildman–Crippen LogP) is 4.59. The van der Waals surface area contributed by atoms with Gasteiger partial charge in [0.05, 0.1) is 22.8 Å². The van der Waals surface area contributed by atoms with Crippen molar-refractivity contribution in [2.24, 2.45) is 7.05 Å². The van der Waals surface area contributed by atoms with Crippen LogP contribution in [0, 0.1) is 0 Å². The van der Waals surface area contributed by atoms with Crippen LogP contribution in [-0.2, 0) is 19.9 Å². The van der Waals surface area contributed by atoms with Crippen molar-refractivity contribution in [3.05, 3.63) is 49.1 Å². The van der Waals surface area contributed by atoms with Crippen molar-refractivity contribution in [3.8, 4) is 0 Å². The number of carbonyl (C=O) groups is 1. The third kappa shape index (κ3) is 3.32. The molecule has 0 saturated heterocycles. The summed E-state index contributed by atoms with van der Waals surface area (Å²) in [5, 5.41) is 4.92. The Hall–Kier alpha value is -0.650. The average molecular weight is 421 g/mol. The molecule has 0 bridgehead atoms. The van der Waals surface area contributed by atoms with Crippen molar-refractivity contribution in [2.75, 3.05) is 0 Å². The lowest BCUT2D eigenvalue weighted by Crippen LogP contribution is -2.08. The first kappa shape index (κ1) is 15.7. The summed E-state index contributed by atoms with van der Waals surface area (Å²) in [4.78, 5) is 12.4. The Morgan fingerprint density at radius 3 is 2.40 bits per heavy atom. The van der Waals surface area contributed by atoms with E-state index in [9.17, 15) is 4.79 Å². The van der Waals surface area contributed by atoms with E-state index in [0.717, 1.165) is 26.8 Å². The van der Waals surface area contributed by atoms with Crippen molar-refractivity contribution >= 4 is 49.2 Å². The fraction of sp³-hybridized carbons (Fsp3) is 0.286. The van der Waals surface area contributed by atoms with Crippen LogP contribution in [0.25, 0.3) is 0 Å². The lowest BCUT2D eigenvalue weighted by molar-refractivity contribution is 0.0990. The molecule has 0 aliphatic carbocycles. The lowest BCUT2D eigenvalue weighted by Gasteiger charge is -2.04. The van der Waals surface area contributed by atoms with Gasteiger partial charge in [0.1, 0.15) is 0 Å². The van der Waals surface area contributed by atoms with Crippen LogP contribution in [0.3, 0.4) is 0 Å². The van der Waals surface area contributed by atoms with E-state index in [2.05, 4.69) is 37.0 Å². The molecule has 2 aromatic rings. The molecule has 0 amide bonds. The number of ketones is 1. The van der Waals surface area contributed by atoms with E-state index in [-0.39, 0.29) is 12.2 Å². The van der Waals surface area contributed by atoms with E-state index in [1.54, 1.807) is 16.8 Å². The van der Waals surface area contributed by atoms with Crippen molar-refractivity contribution in [1.82, 2.24) is 9.78 Å². The van der Waals surface area contributed by atoms with E-state index in [1.807, 2.05) is 20.0 Å². The maximum absolute atomic E-state index is 12.4. The third-order valence-electron chi connectivity index (χ3n) is 3.02. The second-order valence-electron chi connectivity index (χ2n) is 4.44. The molecule has 0 saturated carbocycles. The molecule has 0 atom stereocenters. The van der Waals surface area contributed by atoms with Crippen LogP contribution in [0.2, 0.25) is 5.02 Å². The molecule has 20 heavy (non-hydrogen) atoms. The summed E-state index contributed by atoms with van der Waals surface area (Å²) in [5.41, 5.74) is 2.22. The highest BCUT2D eigenvalue weighted by Gasteiger charge is 2.17. The molecule has 1 aromatic heterocycles. The summed E-state index contributed by atoms with van der Waals surface area (Å²) >= 11 is 13.0. The summed E-state index contributed by atoms with van der Waals surface area (Å²) in [6.07, 6.45) is 0.995. The number of rotatable bonds is 4. The molecule has 3 nitrogen and oxygen atoms in total. The molecule has 1 aromatic carbocycles. The fourth-order valence-corrected chi connectivity index (χ4v) is 3.64. The topological polar surface area (TPSA) is 34.9 Å². The second kappa shape index (κ2) is 6.41. The van der Waals surface area contributed by atoms with Crippen LogP contribution in [0.5, 0.6) is 0 Å². The van der Waals surface area contributed by atoms with Gasteiger partial charge in [0.15, 0.2) is 5.78 Å². The number of hydrogen-bond donors (Lipinski definition) is 0. The smallest absolute Gasteiger partial charge is 0.168 e. The van der Waals surface area contributed by atoms with Gasteiger partial charge in [-0.15, -0.1) is 0 Å². The minimum absolute atomic E-state index is 0.0135. The summed E-state index contributed by atoms with van der Waals surface area (Å²) in [7, 11) is 1.81. The van der Waals surface area contributed by atoms with Gasteiger partial charge in [0, 0.05) is 21.6 Å². The van der Waals surface area contributed by atoms with Gasteiger partial charge in [-0.25, -0.2) is 0 Å². The normalized spacial score (nSPS) is 10.8. The molecule has 106 valence electrons. The number of benzene rings is 1. The van der Waals surface area contributed by atoms with E-state index < -0.39 is 0 Å². The first-order valence-electron chi connectivity index (χ1n) is 6.12. The average Bonchev–Trinajstić information content (AvgIpc) is 2.65. The van der Waals surface area contributed by atoms with E-state index in [1.165, 1.54) is 0 Å². The van der Waals surface area contributed by atoms with Gasteiger partial charge >= 0.3 is 0 Å². The quantitative estimate of drug-likeness (QED) is 0.679. The number of nitrogens with zero attached hydrogens (tertiary/aromatic N) is 2. The highest BCUT2D eigenvalue weighted by Crippen LogP contribution is 2.24. The fourth-order valence-electron chi connectivity index (χ4n) is 1.98. The van der Waals surface area contributed by atoms with Crippen LogP contribution in [-0.4, -0.2) is 15.6 Å². The standard InChI is InChI=1S/C14H13Br2ClN2O/c1-3-11-14(17)12(19(2)18-11)7-13(20)8-4-9(15)6-10(16)5-8/h4-6H,3,7H2,1-2H3. The Labute approximate surface area is 139 Å². The highest BCUT2D eigenvalue weighted by atomic mass is 79.9. The van der Waals surface area contributed by atoms with Crippen LogP contribution in [0.15, 0.2) is 27.1 Å². The maximum Gasteiger partial charge on any atom is 0.168 e. The Morgan fingerprint density at radius 2 is 1.90 bits per heavy atom. The van der Waals surface area contributed by atoms with E-state index in [4.69, 9.17) is 11.6 Å². The number of carbonyl (C=O) groups excluding carboxylic acids is 1. The molecular formula is C14H13Br2ClN2O. The molecule has 0 unspecified atom stereocenters. The van der Waals surface area contributed by atoms with E-state index in [0.29, 0.717) is 10.6 Å². The molecule has 2 rings (SSSR count). The Kier molecular flexibility index (Phi) is 5.04. The molecule has 0 N–H and O–H groups in total. The molecular weight excluding hydrogens is 407 g/mol. The lowest BCUT2D eigenvalue weighted by atomic mass is 10.1. The zero-order valence-corrected chi connectivity index (χ0v) is 15.0. The predicted molar refractivity (Wildman–Crippen MR) is 87.5 cm³/mol. The SMILES string of the molecule is CCc1nn(C)c(CC(=O)c2cc(Br)cc(Br)c2)c1Cl. The molecule has 0 aliphatic rings. The van der Waals surface area contributed by atoms with Gasteiger partial charge in [-0.05, 0) is 24.6 Å². The number of aryl methyl sites for hydroxylation is 2. The van der Waals surface area contributed by atoms with Crippen molar-refractivity contribution in [3.63, 3.8) is 0 Å². The second-order valence-corrected chi connectivity index (χ2v) is 6.65. The highest BCUT2D eigenvalue weighted by molar-refractivity contribution is 9.11. The van der Waals surface area contributed by atoms with Crippen LogP contribution in [0.4, 0.5) is 0 Å². The van der Waals surface area contributed by atoms with Crippen LogP contribution in [0.1, 0.15) is 28.7 Å². The van der Waals surface area contributed by atoms with Gasteiger partial charge in [-0.3, -0.25) is 9.48 Å². The summed E-state index contributed by atoms with van der Waals surface area (Å²) in [6.45, 7) is 1.99. The maximum atomic E-state index is 12.4. The largest absolute Gasteiger partial charge is 0.294 e. The van der Waals surface area contributed by atoms with Crippen LogP contribution >= 0.6 is 43.5 Å². The van der Waals surface area contributed by atoms with Crippen LogP contribution < -0.4 is 0 Å². The minimum atomic E-state index is 0.0135. The van der Waals surface area contributed by atoms with Gasteiger partial charge in [-0.1, -0.05) is 50.4 Å². The van der Waals surface area contributed by atoms with Gasteiger partial charge in [0.2, 0.25) is 0 Å². The first-order chi connectivity index (χ1) is 9.42.